The van der Waals surface area contributed by atoms with Crippen LogP contribution in [0.1, 0.15) is 16.2 Å². The third-order valence-electron chi connectivity index (χ3n) is 2.43. The molecule has 0 aliphatic rings. The molecule has 1 amide bonds. The summed E-state index contributed by atoms with van der Waals surface area (Å²) < 4.78 is 41.8. The van der Waals surface area contributed by atoms with Gasteiger partial charge in [0.2, 0.25) is 11.8 Å². The zero-order valence-corrected chi connectivity index (χ0v) is 10.5. The van der Waals surface area contributed by atoms with Crippen LogP contribution in [0.2, 0.25) is 0 Å². The predicted octanol–water partition coefficient (Wildman–Crippen LogP) is 1.79. The minimum absolute atomic E-state index is 0.158. The molecule has 0 spiro atoms. The van der Waals surface area contributed by atoms with E-state index in [0.717, 1.165) is 0 Å². The molecule has 0 saturated carbocycles. The number of phenolic OH excluding ortho intramolecular Hbond substituents is 1. The summed E-state index contributed by atoms with van der Waals surface area (Å²) in [6.07, 6.45) is -4.70. The molecule has 10 heteroatoms. The van der Waals surface area contributed by atoms with Crippen LogP contribution in [-0.2, 0) is 6.18 Å². The van der Waals surface area contributed by atoms with E-state index in [9.17, 15) is 23.1 Å². The number of H-pyrrole nitrogens is 1. The number of nitrogens with one attached hydrogen (secondary N) is 2. The minimum atomic E-state index is -4.70. The number of benzene rings is 1. The van der Waals surface area contributed by atoms with E-state index in [1.165, 1.54) is 25.3 Å². The summed E-state index contributed by atoms with van der Waals surface area (Å²) in [6.45, 7) is 0. The summed E-state index contributed by atoms with van der Waals surface area (Å²) >= 11 is 0. The van der Waals surface area contributed by atoms with Gasteiger partial charge in [-0.15, -0.1) is 5.10 Å². The SMILES string of the molecule is COc1ccc(C(=O)Nc2n[nH]c(C(F)(F)F)n2)c(O)c1. The number of amides is 1. The average molecular weight is 302 g/mol. The van der Waals surface area contributed by atoms with E-state index < -0.39 is 29.6 Å². The maximum absolute atomic E-state index is 12.3. The number of hydrogen-bond donors (Lipinski definition) is 3. The van der Waals surface area contributed by atoms with Gasteiger partial charge in [0, 0.05) is 6.07 Å². The fourth-order valence-corrected chi connectivity index (χ4v) is 1.44. The van der Waals surface area contributed by atoms with Gasteiger partial charge in [-0.1, -0.05) is 0 Å². The number of nitrogens with zero attached hydrogens (tertiary/aromatic N) is 2. The van der Waals surface area contributed by atoms with Gasteiger partial charge in [-0.3, -0.25) is 15.2 Å². The number of rotatable bonds is 3. The molecule has 7 nitrogen and oxygen atoms in total. The van der Waals surface area contributed by atoms with Crippen LogP contribution < -0.4 is 10.1 Å². The lowest BCUT2D eigenvalue weighted by Crippen LogP contribution is -2.13. The van der Waals surface area contributed by atoms with Gasteiger partial charge >= 0.3 is 6.18 Å². The van der Waals surface area contributed by atoms with Gasteiger partial charge in [-0.05, 0) is 12.1 Å². The molecule has 0 radical (unpaired) electrons. The highest BCUT2D eigenvalue weighted by Gasteiger charge is 2.35. The lowest BCUT2D eigenvalue weighted by molar-refractivity contribution is -0.144. The third-order valence-corrected chi connectivity index (χ3v) is 2.43. The molecule has 1 heterocycles. The largest absolute Gasteiger partial charge is 0.507 e. The Labute approximate surface area is 115 Å². The summed E-state index contributed by atoms with van der Waals surface area (Å²) in [5, 5.41) is 16.5. The molecule has 21 heavy (non-hydrogen) atoms. The quantitative estimate of drug-likeness (QED) is 0.802. The first-order chi connectivity index (χ1) is 9.81. The van der Waals surface area contributed by atoms with E-state index in [0.29, 0.717) is 5.75 Å². The van der Waals surface area contributed by atoms with Crippen molar-refractivity contribution in [1.82, 2.24) is 15.2 Å². The highest BCUT2D eigenvalue weighted by Crippen LogP contribution is 2.27. The van der Waals surface area contributed by atoms with Crippen molar-refractivity contribution in [3.8, 4) is 11.5 Å². The van der Waals surface area contributed by atoms with Crippen LogP contribution in [0.5, 0.6) is 11.5 Å². The molecular formula is C11H9F3N4O3. The number of ether oxygens (including phenoxy) is 1. The molecule has 0 aliphatic heterocycles. The number of phenols is 1. The van der Waals surface area contributed by atoms with E-state index in [1.807, 2.05) is 5.32 Å². The molecule has 3 N–H and O–H groups in total. The second kappa shape index (κ2) is 5.31. The Hall–Kier alpha value is -2.78. The van der Waals surface area contributed by atoms with Crippen molar-refractivity contribution in [3.05, 3.63) is 29.6 Å². The fourth-order valence-electron chi connectivity index (χ4n) is 1.44. The Morgan fingerprint density at radius 3 is 2.67 bits per heavy atom. The lowest BCUT2D eigenvalue weighted by atomic mass is 10.2. The second-order valence-electron chi connectivity index (χ2n) is 3.84. The van der Waals surface area contributed by atoms with Gasteiger partial charge in [-0.2, -0.15) is 18.2 Å². The molecule has 2 aromatic rings. The van der Waals surface area contributed by atoms with Crippen LogP contribution in [-0.4, -0.2) is 33.3 Å². The first-order valence-corrected chi connectivity index (χ1v) is 5.49. The van der Waals surface area contributed by atoms with Crippen LogP contribution in [0.4, 0.5) is 19.1 Å². The Bertz CT molecular complexity index is 669. The summed E-state index contributed by atoms with van der Waals surface area (Å²) in [5.41, 5.74) is -0.158. The molecule has 0 fully saturated rings. The number of halogens is 3. The Morgan fingerprint density at radius 2 is 2.14 bits per heavy atom. The maximum Gasteiger partial charge on any atom is 0.451 e. The standard InChI is InChI=1S/C11H9F3N4O3/c1-21-5-2-3-6(7(19)4-5)8(20)15-10-16-9(17-18-10)11(12,13)14/h2-4,19H,1H3,(H2,15,16,17,18,20). The molecule has 112 valence electrons. The molecule has 0 unspecified atom stereocenters. The van der Waals surface area contributed by atoms with Crippen molar-refractivity contribution in [2.45, 2.75) is 6.18 Å². The first kappa shape index (κ1) is 14.6. The average Bonchev–Trinajstić information content (AvgIpc) is 2.86. The molecule has 0 saturated heterocycles. The van der Waals surface area contributed by atoms with Gasteiger partial charge in [0.1, 0.15) is 11.5 Å². The Balaban J connectivity index is 2.16. The Kier molecular flexibility index (Phi) is 3.70. The lowest BCUT2D eigenvalue weighted by Gasteiger charge is -2.06. The van der Waals surface area contributed by atoms with Crippen molar-refractivity contribution in [2.24, 2.45) is 0 Å². The number of carbonyl (C=O) groups is 1. The van der Waals surface area contributed by atoms with E-state index >= 15 is 0 Å². The first-order valence-electron chi connectivity index (χ1n) is 5.49. The monoisotopic (exact) mass is 302 g/mol. The van der Waals surface area contributed by atoms with Crippen molar-refractivity contribution >= 4 is 11.9 Å². The van der Waals surface area contributed by atoms with Crippen molar-refractivity contribution in [3.63, 3.8) is 0 Å². The van der Waals surface area contributed by atoms with Gasteiger partial charge in [-0.25, -0.2) is 0 Å². The summed E-state index contributed by atoms with van der Waals surface area (Å²) in [4.78, 5) is 14.9. The van der Waals surface area contributed by atoms with E-state index in [4.69, 9.17) is 4.74 Å². The number of anilines is 1. The molecule has 2 rings (SSSR count). The van der Waals surface area contributed by atoms with E-state index in [-0.39, 0.29) is 5.56 Å². The van der Waals surface area contributed by atoms with Crippen LogP contribution in [0.3, 0.4) is 0 Å². The number of hydrogen-bond acceptors (Lipinski definition) is 5. The highest BCUT2D eigenvalue weighted by atomic mass is 19.4. The minimum Gasteiger partial charge on any atom is -0.507 e. The summed E-state index contributed by atoms with van der Waals surface area (Å²) in [7, 11) is 1.38. The highest BCUT2D eigenvalue weighted by molar-refractivity contribution is 6.05. The predicted molar refractivity (Wildman–Crippen MR) is 64.0 cm³/mol. The smallest absolute Gasteiger partial charge is 0.451 e. The second-order valence-corrected chi connectivity index (χ2v) is 3.84. The molecule has 0 atom stereocenters. The van der Waals surface area contributed by atoms with Gasteiger partial charge in [0.05, 0.1) is 12.7 Å². The Morgan fingerprint density at radius 1 is 1.43 bits per heavy atom. The van der Waals surface area contributed by atoms with E-state index in [2.05, 4.69) is 10.1 Å². The number of alkyl halides is 3. The van der Waals surface area contributed by atoms with Crippen LogP contribution in [0.25, 0.3) is 0 Å². The normalized spacial score (nSPS) is 11.2. The van der Waals surface area contributed by atoms with Gasteiger partial charge in [0.25, 0.3) is 5.91 Å². The van der Waals surface area contributed by atoms with Crippen LogP contribution in [0.15, 0.2) is 18.2 Å². The molecule has 1 aromatic heterocycles. The van der Waals surface area contributed by atoms with Crippen molar-refractivity contribution in [1.29, 1.82) is 0 Å². The number of carbonyl (C=O) groups excluding carboxylic acids is 1. The molecule has 0 bridgehead atoms. The molecule has 0 aliphatic carbocycles. The number of methoxy groups -OCH3 is 1. The van der Waals surface area contributed by atoms with Crippen LogP contribution >= 0.6 is 0 Å². The summed E-state index contributed by atoms with van der Waals surface area (Å²) in [5.74, 6) is -2.82. The third kappa shape index (κ3) is 3.22. The zero-order valence-electron chi connectivity index (χ0n) is 10.5. The van der Waals surface area contributed by atoms with Gasteiger partial charge < -0.3 is 9.84 Å². The van der Waals surface area contributed by atoms with Gasteiger partial charge in [0.15, 0.2) is 0 Å². The molecule has 1 aromatic carbocycles. The maximum atomic E-state index is 12.3. The van der Waals surface area contributed by atoms with E-state index in [1.54, 1.807) is 5.10 Å². The molecular weight excluding hydrogens is 293 g/mol. The van der Waals surface area contributed by atoms with Crippen molar-refractivity contribution in [2.75, 3.05) is 12.4 Å². The number of aromatic nitrogens is 3. The topological polar surface area (TPSA) is 100 Å². The van der Waals surface area contributed by atoms with Crippen LogP contribution in [0, 0.1) is 0 Å². The fraction of sp³-hybridized carbons (Fsp3) is 0.182. The zero-order chi connectivity index (χ0) is 15.6. The number of aromatic hydroxyl groups is 1. The summed E-state index contributed by atoms with van der Waals surface area (Å²) in [6, 6.07) is 3.85. The van der Waals surface area contributed by atoms with Crippen molar-refractivity contribution < 1.29 is 27.8 Å². The number of aromatic amines is 1.